The summed E-state index contributed by atoms with van der Waals surface area (Å²) in [7, 11) is 0. The van der Waals surface area contributed by atoms with Crippen molar-refractivity contribution in [1.29, 1.82) is 0 Å². The Bertz CT molecular complexity index is 472. The molecule has 0 aliphatic rings. The van der Waals surface area contributed by atoms with Gasteiger partial charge in [0.05, 0.1) is 5.39 Å². The number of nitrogens with zero attached hydrogens (tertiary/aromatic N) is 2. The zero-order chi connectivity index (χ0) is 12.6. The maximum absolute atomic E-state index is 5.51. The molecular formula is C13H19N3OS. The molecule has 1 N–H and O–H groups in total. The molecule has 2 aromatic rings. The van der Waals surface area contributed by atoms with E-state index >= 15 is 0 Å². The average molecular weight is 265 g/mol. The molecule has 0 saturated carbocycles. The van der Waals surface area contributed by atoms with E-state index in [1.54, 1.807) is 17.7 Å². The summed E-state index contributed by atoms with van der Waals surface area (Å²) < 4.78 is 5.51. The van der Waals surface area contributed by atoms with Crippen LogP contribution in [0.4, 0.5) is 5.82 Å². The lowest BCUT2D eigenvalue weighted by atomic mass is 10.3. The minimum Gasteiger partial charge on any atom is -0.381 e. The standard InChI is InChI=1S/C13H19N3OS/c1-2-3-7-17-8-4-6-14-12-11-5-9-18-13(11)16-10-15-12/h5,9-10H,2-4,6-8H2,1H3,(H,14,15,16). The molecule has 4 nitrogen and oxygen atoms in total. The Morgan fingerprint density at radius 2 is 2.17 bits per heavy atom. The van der Waals surface area contributed by atoms with Crippen LogP contribution in [0, 0.1) is 0 Å². The second-order valence-corrected chi connectivity index (χ2v) is 5.00. The highest BCUT2D eigenvalue weighted by atomic mass is 32.1. The molecule has 0 atom stereocenters. The number of unbranched alkanes of at least 4 members (excludes halogenated alkanes) is 1. The lowest BCUT2D eigenvalue weighted by Crippen LogP contribution is -2.07. The lowest BCUT2D eigenvalue weighted by Gasteiger charge is -2.06. The topological polar surface area (TPSA) is 47.0 Å². The fourth-order valence-electron chi connectivity index (χ4n) is 1.66. The summed E-state index contributed by atoms with van der Waals surface area (Å²) in [5.41, 5.74) is 0. The summed E-state index contributed by atoms with van der Waals surface area (Å²) in [4.78, 5) is 9.53. The van der Waals surface area contributed by atoms with Crippen LogP contribution in [0.25, 0.3) is 10.2 Å². The van der Waals surface area contributed by atoms with Crippen molar-refractivity contribution in [1.82, 2.24) is 9.97 Å². The Labute approximate surface area is 111 Å². The first kappa shape index (κ1) is 13.2. The molecule has 2 rings (SSSR count). The van der Waals surface area contributed by atoms with Crippen molar-refractivity contribution in [2.75, 3.05) is 25.1 Å². The molecule has 98 valence electrons. The Hall–Kier alpha value is -1.20. The van der Waals surface area contributed by atoms with Gasteiger partial charge in [-0.05, 0) is 24.3 Å². The number of fused-ring (bicyclic) bond motifs is 1. The van der Waals surface area contributed by atoms with E-state index in [0.717, 1.165) is 48.6 Å². The highest BCUT2D eigenvalue weighted by Gasteiger charge is 2.03. The maximum atomic E-state index is 5.51. The normalized spacial score (nSPS) is 10.9. The molecule has 0 amide bonds. The summed E-state index contributed by atoms with van der Waals surface area (Å²) >= 11 is 1.64. The molecule has 0 fully saturated rings. The number of ether oxygens (including phenoxy) is 1. The Kier molecular flexibility index (Phi) is 5.36. The summed E-state index contributed by atoms with van der Waals surface area (Å²) in [6, 6.07) is 2.06. The number of thiophene rings is 1. The number of hydrogen-bond donors (Lipinski definition) is 1. The number of nitrogens with one attached hydrogen (secondary N) is 1. The second-order valence-electron chi connectivity index (χ2n) is 4.11. The molecular weight excluding hydrogens is 246 g/mol. The fourth-order valence-corrected chi connectivity index (χ4v) is 2.39. The van der Waals surface area contributed by atoms with Gasteiger partial charge in [0.1, 0.15) is 17.0 Å². The van der Waals surface area contributed by atoms with E-state index in [-0.39, 0.29) is 0 Å². The van der Waals surface area contributed by atoms with Crippen molar-refractivity contribution in [3.05, 3.63) is 17.8 Å². The van der Waals surface area contributed by atoms with Gasteiger partial charge >= 0.3 is 0 Å². The first-order chi connectivity index (χ1) is 8.92. The molecule has 0 saturated heterocycles. The van der Waals surface area contributed by atoms with E-state index in [2.05, 4.69) is 28.3 Å². The van der Waals surface area contributed by atoms with E-state index in [1.165, 1.54) is 6.42 Å². The zero-order valence-corrected chi connectivity index (χ0v) is 11.5. The third-order valence-corrected chi connectivity index (χ3v) is 3.48. The molecule has 0 radical (unpaired) electrons. The van der Waals surface area contributed by atoms with Crippen molar-refractivity contribution in [2.45, 2.75) is 26.2 Å². The first-order valence-corrected chi connectivity index (χ1v) is 7.29. The minimum atomic E-state index is 0.810. The maximum Gasteiger partial charge on any atom is 0.138 e. The first-order valence-electron chi connectivity index (χ1n) is 6.41. The third kappa shape index (κ3) is 3.65. The van der Waals surface area contributed by atoms with Gasteiger partial charge in [-0.2, -0.15) is 0 Å². The predicted molar refractivity (Wildman–Crippen MR) is 76.2 cm³/mol. The highest BCUT2D eigenvalue weighted by Crippen LogP contribution is 2.23. The fraction of sp³-hybridized carbons (Fsp3) is 0.538. The molecule has 5 heteroatoms. The van der Waals surface area contributed by atoms with Gasteiger partial charge in [0.25, 0.3) is 0 Å². The minimum absolute atomic E-state index is 0.810. The van der Waals surface area contributed by atoms with Gasteiger partial charge in [-0.15, -0.1) is 11.3 Å². The van der Waals surface area contributed by atoms with Crippen LogP contribution in [0.2, 0.25) is 0 Å². The summed E-state index contributed by atoms with van der Waals surface area (Å²) in [5, 5.41) is 6.49. The Morgan fingerprint density at radius 3 is 3.06 bits per heavy atom. The zero-order valence-electron chi connectivity index (χ0n) is 10.7. The molecule has 0 aliphatic carbocycles. The lowest BCUT2D eigenvalue weighted by molar-refractivity contribution is 0.131. The van der Waals surface area contributed by atoms with E-state index in [9.17, 15) is 0 Å². The van der Waals surface area contributed by atoms with Gasteiger partial charge < -0.3 is 10.1 Å². The summed E-state index contributed by atoms with van der Waals surface area (Å²) in [6.07, 6.45) is 4.95. The van der Waals surface area contributed by atoms with E-state index in [0.29, 0.717) is 0 Å². The molecule has 0 aromatic carbocycles. The number of aromatic nitrogens is 2. The number of anilines is 1. The molecule has 2 heterocycles. The number of hydrogen-bond acceptors (Lipinski definition) is 5. The average Bonchev–Trinajstić information content (AvgIpc) is 2.86. The SMILES string of the molecule is CCCCOCCCNc1ncnc2sccc12. The molecule has 2 aromatic heterocycles. The van der Waals surface area contributed by atoms with Gasteiger partial charge in [0.15, 0.2) is 0 Å². The van der Waals surface area contributed by atoms with Crippen LogP contribution in [0.3, 0.4) is 0 Å². The van der Waals surface area contributed by atoms with Crippen molar-refractivity contribution >= 4 is 27.4 Å². The third-order valence-electron chi connectivity index (χ3n) is 2.66. The van der Waals surface area contributed by atoms with Gasteiger partial charge in [-0.1, -0.05) is 13.3 Å². The van der Waals surface area contributed by atoms with Gasteiger partial charge in [-0.25, -0.2) is 9.97 Å². The smallest absolute Gasteiger partial charge is 0.138 e. The van der Waals surface area contributed by atoms with Crippen molar-refractivity contribution < 1.29 is 4.74 Å². The van der Waals surface area contributed by atoms with Crippen LogP contribution >= 0.6 is 11.3 Å². The van der Waals surface area contributed by atoms with Crippen molar-refractivity contribution in [3.8, 4) is 0 Å². The van der Waals surface area contributed by atoms with Crippen LogP contribution in [-0.4, -0.2) is 29.7 Å². The number of rotatable bonds is 8. The monoisotopic (exact) mass is 265 g/mol. The van der Waals surface area contributed by atoms with Crippen LogP contribution in [0.1, 0.15) is 26.2 Å². The van der Waals surface area contributed by atoms with Crippen LogP contribution < -0.4 is 5.32 Å². The van der Waals surface area contributed by atoms with Crippen molar-refractivity contribution in [3.63, 3.8) is 0 Å². The predicted octanol–water partition coefficient (Wildman–Crippen LogP) is 3.31. The molecule has 0 bridgehead atoms. The van der Waals surface area contributed by atoms with E-state index < -0.39 is 0 Å². The van der Waals surface area contributed by atoms with Gasteiger partial charge in [0, 0.05) is 19.8 Å². The van der Waals surface area contributed by atoms with Gasteiger partial charge in [0.2, 0.25) is 0 Å². The largest absolute Gasteiger partial charge is 0.381 e. The van der Waals surface area contributed by atoms with Crippen LogP contribution in [0.5, 0.6) is 0 Å². The van der Waals surface area contributed by atoms with Crippen LogP contribution in [0.15, 0.2) is 17.8 Å². The highest BCUT2D eigenvalue weighted by molar-refractivity contribution is 7.16. The molecule has 18 heavy (non-hydrogen) atoms. The Balaban J connectivity index is 1.72. The molecule has 0 aliphatic heterocycles. The quantitative estimate of drug-likeness (QED) is 0.744. The molecule has 0 spiro atoms. The molecule has 0 unspecified atom stereocenters. The Morgan fingerprint density at radius 1 is 1.28 bits per heavy atom. The summed E-state index contributed by atoms with van der Waals surface area (Å²) in [5.74, 6) is 0.926. The summed E-state index contributed by atoms with van der Waals surface area (Å²) in [6.45, 7) is 4.74. The van der Waals surface area contributed by atoms with Gasteiger partial charge in [-0.3, -0.25) is 0 Å². The van der Waals surface area contributed by atoms with Crippen LogP contribution in [-0.2, 0) is 4.74 Å². The second kappa shape index (κ2) is 7.28. The van der Waals surface area contributed by atoms with E-state index in [1.807, 2.05) is 5.38 Å². The van der Waals surface area contributed by atoms with E-state index in [4.69, 9.17) is 4.74 Å². The van der Waals surface area contributed by atoms with Crippen molar-refractivity contribution in [2.24, 2.45) is 0 Å².